The van der Waals surface area contributed by atoms with Gasteiger partial charge in [0, 0.05) is 44.4 Å². The Morgan fingerprint density at radius 3 is 2.69 bits per heavy atom. The Morgan fingerprint density at radius 2 is 2.00 bits per heavy atom. The lowest BCUT2D eigenvalue weighted by Gasteiger charge is -2.24. The summed E-state index contributed by atoms with van der Waals surface area (Å²) in [5.41, 5.74) is 0.932. The van der Waals surface area contributed by atoms with Crippen molar-refractivity contribution in [2.45, 2.75) is 33.2 Å². The van der Waals surface area contributed by atoms with Gasteiger partial charge in [-0.1, -0.05) is 13.0 Å². The van der Waals surface area contributed by atoms with Crippen molar-refractivity contribution in [3.63, 3.8) is 0 Å². The molecule has 1 fully saturated rings. The van der Waals surface area contributed by atoms with Crippen molar-refractivity contribution in [1.29, 1.82) is 0 Å². The molecule has 8 heteroatoms. The summed E-state index contributed by atoms with van der Waals surface area (Å²) in [5, 5.41) is 3.38. The van der Waals surface area contributed by atoms with E-state index < -0.39 is 0 Å². The van der Waals surface area contributed by atoms with Crippen molar-refractivity contribution in [2.24, 2.45) is 10.9 Å². The lowest BCUT2D eigenvalue weighted by Crippen LogP contribution is -2.41. The summed E-state index contributed by atoms with van der Waals surface area (Å²) in [4.78, 5) is 11.4. The van der Waals surface area contributed by atoms with E-state index in [4.69, 9.17) is 19.2 Å². The molecule has 2 heterocycles. The first-order valence-electron chi connectivity index (χ1n) is 11.1. The molecule has 1 N–H and O–H groups in total. The summed E-state index contributed by atoms with van der Waals surface area (Å²) >= 11 is 0. The lowest BCUT2D eigenvalue weighted by molar-refractivity contribution is 0.181. The van der Waals surface area contributed by atoms with Gasteiger partial charge in [-0.2, -0.15) is 0 Å². The second kappa shape index (κ2) is 14.2. The zero-order valence-electron chi connectivity index (χ0n) is 19.3. The monoisotopic (exact) mass is 554 g/mol. The fourth-order valence-electron chi connectivity index (χ4n) is 3.40. The van der Waals surface area contributed by atoms with Gasteiger partial charge >= 0.3 is 0 Å². The smallest absolute Gasteiger partial charge is 0.224 e. The Morgan fingerprint density at radius 1 is 1.22 bits per heavy atom. The number of hydrogen-bond donors (Lipinski definition) is 1. The van der Waals surface area contributed by atoms with E-state index in [2.05, 4.69) is 36.1 Å². The van der Waals surface area contributed by atoms with Gasteiger partial charge in [0.25, 0.3) is 0 Å². The first-order valence-corrected chi connectivity index (χ1v) is 11.1. The number of nitrogens with zero attached hydrogens (tertiary/aromatic N) is 3. The van der Waals surface area contributed by atoms with Crippen molar-refractivity contribution in [1.82, 2.24) is 15.2 Å². The van der Waals surface area contributed by atoms with E-state index in [0.717, 1.165) is 62.2 Å². The van der Waals surface area contributed by atoms with Gasteiger partial charge in [0.05, 0.1) is 19.8 Å². The van der Waals surface area contributed by atoms with Crippen molar-refractivity contribution >= 4 is 29.9 Å². The van der Waals surface area contributed by atoms with E-state index in [1.165, 1.54) is 0 Å². The molecule has 1 saturated heterocycles. The second-order valence-electron chi connectivity index (χ2n) is 7.67. The predicted octanol–water partition coefficient (Wildman–Crippen LogP) is 4.71. The van der Waals surface area contributed by atoms with Crippen molar-refractivity contribution in [2.75, 3.05) is 40.0 Å². The fraction of sp³-hybridized carbons (Fsp3) is 0.500. The largest absolute Gasteiger partial charge is 0.494 e. The molecule has 1 aromatic carbocycles. The molecule has 176 valence electrons. The fourth-order valence-corrected chi connectivity index (χ4v) is 3.40. The van der Waals surface area contributed by atoms with Crippen LogP contribution in [0.3, 0.4) is 0 Å². The van der Waals surface area contributed by atoms with Crippen LogP contribution in [0, 0.1) is 5.92 Å². The van der Waals surface area contributed by atoms with Crippen molar-refractivity contribution in [3.8, 4) is 17.4 Å². The average molecular weight is 554 g/mol. The Labute approximate surface area is 208 Å². The maximum Gasteiger partial charge on any atom is 0.224 e. The highest BCUT2D eigenvalue weighted by molar-refractivity contribution is 14.0. The number of pyridine rings is 1. The van der Waals surface area contributed by atoms with E-state index in [9.17, 15) is 0 Å². The molecule has 0 radical (unpaired) electrons. The van der Waals surface area contributed by atoms with Crippen LogP contribution in [0.2, 0.25) is 0 Å². The predicted molar refractivity (Wildman–Crippen MR) is 138 cm³/mol. The summed E-state index contributed by atoms with van der Waals surface area (Å²) in [5.74, 6) is 3.55. The van der Waals surface area contributed by atoms with Gasteiger partial charge in [0.1, 0.15) is 11.5 Å². The molecule has 1 aromatic heterocycles. The number of aliphatic imine (C=N–C) groups is 1. The Balaban J connectivity index is 0.00000363. The van der Waals surface area contributed by atoms with Crippen LogP contribution in [0.5, 0.6) is 17.4 Å². The highest BCUT2D eigenvalue weighted by Gasteiger charge is 2.19. The Hall–Kier alpha value is -2.07. The minimum absolute atomic E-state index is 0. The number of benzene rings is 1. The molecule has 0 saturated carbocycles. The third-order valence-corrected chi connectivity index (χ3v) is 5.01. The number of halogens is 1. The van der Waals surface area contributed by atoms with Gasteiger partial charge < -0.3 is 24.4 Å². The molecule has 1 atom stereocenters. The molecule has 0 bridgehead atoms. The summed E-state index contributed by atoms with van der Waals surface area (Å²) in [7, 11) is 2.07. The van der Waals surface area contributed by atoms with E-state index in [1.807, 2.05) is 36.4 Å². The number of rotatable bonds is 10. The number of ether oxygens (including phenoxy) is 3. The molecule has 1 unspecified atom stereocenters. The third-order valence-electron chi connectivity index (χ3n) is 5.01. The van der Waals surface area contributed by atoms with Crippen LogP contribution in [0.1, 0.15) is 32.3 Å². The van der Waals surface area contributed by atoms with Crippen molar-refractivity contribution in [3.05, 3.63) is 48.2 Å². The normalized spacial score (nSPS) is 15.7. The van der Waals surface area contributed by atoms with Crippen LogP contribution in [0.25, 0.3) is 0 Å². The minimum atomic E-state index is 0. The highest BCUT2D eigenvalue weighted by Crippen LogP contribution is 2.25. The van der Waals surface area contributed by atoms with Gasteiger partial charge in [-0.15, -0.1) is 24.0 Å². The molecule has 2 aromatic rings. The van der Waals surface area contributed by atoms with Crippen LogP contribution in [-0.4, -0.2) is 55.8 Å². The van der Waals surface area contributed by atoms with Gasteiger partial charge in [-0.05, 0) is 50.1 Å². The summed E-state index contributed by atoms with van der Waals surface area (Å²) in [6, 6.07) is 11.5. The van der Waals surface area contributed by atoms with E-state index in [1.54, 1.807) is 6.20 Å². The van der Waals surface area contributed by atoms with Crippen molar-refractivity contribution < 1.29 is 14.2 Å². The molecule has 1 aliphatic rings. The molecule has 32 heavy (non-hydrogen) atoms. The number of guanidine groups is 1. The first kappa shape index (κ1) is 26.2. The molecular weight excluding hydrogens is 519 g/mol. The molecule has 0 amide bonds. The summed E-state index contributed by atoms with van der Waals surface area (Å²) < 4.78 is 17.2. The zero-order chi connectivity index (χ0) is 21.9. The minimum Gasteiger partial charge on any atom is -0.494 e. The van der Waals surface area contributed by atoms with Crippen LogP contribution in [-0.2, 0) is 11.3 Å². The van der Waals surface area contributed by atoms with Gasteiger partial charge in [-0.25, -0.2) is 9.98 Å². The zero-order valence-corrected chi connectivity index (χ0v) is 21.6. The van der Waals surface area contributed by atoms with Crippen LogP contribution in [0.4, 0.5) is 0 Å². The van der Waals surface area contributed by atoms with Gasteiger partial charge in [0.2, 0.25) is 5.88 Å². The van der Waals surface area contributed by atoms with Crippen LogP contribution < -0.4 is 14.8 Å². The summed E-state index contributed by atoms with van der Waals surface area (Å²) in [6.07, 6.45) is 3.82. The standard InChI is InChI=1S/C24H34N4O3.HI/c1-4-14-30-21-8-10-22(11-9-21)31-23-20(7-6-13-26-23)16-27-24(25-5-2)28(3)17-19-12-15-29-18-19;/h6-11,13,19H,4-5,12,14-18H2,1-3H3,(H,25,27);1H. The maximum atomic E-state index is 6.04. The van der Waals surface area contributed by atoms with E-state index in [0.29, 0.717) is 24.9 Å². The third kappa shape index (κ3) is 8.12. The maximum absolute atomic E-state index is 6.04. The molecule has 0 aliphatic carbocycles. The first-order chi connectivity index (χ1) is 15.2. The number of hydrogen-bond acceptors (Lipinski definition) is 5. The van der Waals surface area contributed by atoms with Gasteiger partial charge in [0.15, 0.2) is 5.96 Å². The highest BCUT2D eigenvalue weighted by atomic mass is 127. The van der Waals surface area contributed by atoms with E-state index >= 15 is 0 Å². The average Bonchev–Trinajstić information content (AvgIpc) is 3.30. The van der Waals surface area contributed by atoms with Crippen LogP contribution >= 0.6 is 24.0 Å². The number of aromatic nitrogens is 1. The van der Waals surface area contributed by atoms with Crippen LogP contribution in [0.15, 0.2) is 47.6 Å². The topological polar surface area (TPSA) is 68.2 Å². The number of nitrogens with one attached hydrogen (secondary N) is 1. The molecule has 0 spiro atoms. The summed E-state index contributed by atoms with van der Waals surface area (Å²) in [6.45, 7) is 8.77. The van der Waals surface area contributed by atoms with E-state index in [-0.39, 0.29) is 24.0 Å². The quantitative estimate of drug-likeness (QED) is 0.261. The Bertz CT molecular complexity index is 826. The molecule has 1 aliphatic heterocycles. The SMILES string of the molecule is CCCOc1ccc(Oc2ncccc2CN=C(NCC)N(C)CC2CCOC2)cc1.I. The Kier molecular flexibility index (Phi) is 11.6. The molecule has 7 nitrogen and oxygen atoms in total. The molecular formula is C24H35IN4O3. The lowest BCUT2D eigenvalue weighted by atomic mass is 10.1. The van der Waals surface area contributed by atoms with Gasteiger partial charge in [-0.3, -0.25) is 0 Å². The molecule has 3 rings (SSSR count). The second-order valence-corrected chi connectivity index (χ2v) is 7.67.